The first kappa shape index (κ1) is 18.6. The molecule has 2 saturated heterocycles. The van der Waals surface area contributed by atoms with E-state index in [1.807, 2.05) is 17.0 Å². The van der Waals surface area contributed by atoms with Gasteiger partial charge in [0, 0.05) is 44.9 Å². The summed E-state index contributed by atoms with van der Waals surface area (Å²) in [4.78, 5) is 38.7. The van der Waals surface area contributed by atoms with Gasteiger partial charge in [-0.15, -0.1) is 10.2 Å². The Labute approximate surface area is 165 Å². The van der Waals surface area contributed by atoms with E-state index in [9.17, 15) is 14.4 Å². The average Bonchev–Trinajstić information content (AvgIpc) is 3.39. The van der Waals surface area contributed by atoms with Crippen LogP contribution < -0.4 is 5.32 Å². The molecule has 148 valence electrons. The first-order valence-corrected chi connectivity index (χ1v) is 10.2. The molecule has 0 saturated carbocycles. The van der Waals surface area contributed by atoms with E-state index in [0.29, 0.717) is 32.1 Å². The summed E-state index contributed by atoms with van der Waals surface area (Å²) in [5.41, 5.74) is 0. The summed E-state index contributed by atoms with van der Waals surface area (Å²) in [6.45, 7) is 2.05. The number of imide groups is 1. The Morgan fingerprint density at radius 2 is 2.07 bits per heavy atom. The number of piperidine rings is 1. The number of aromatic nitrogens is 2. The zero-order valence-electron chi connectivity index (χ0n) is 15.3. The summed E-state index contributed by atoms with van der Waals surface area (Å²) >= 11 is 1.54. The zero-order valence-corrected chi connectivity index (χ0v) is 16.1. The van der Waals surface area contributed by atoms with Crippen LogP contribution in [-0.4, -0.2) is 64.0 Å². The van der Waals surface area contributed by atoms with Crippen molar-refractivity contribution >= 4 is 29.2 Å². The van der Waals surface area contributed by atoms with Crippen LogP contribution in [0.1, 0.15) is 36.6 Å². The summed E-state index contributed by atoms with van der Waals surface area (Å²) in [5, 5.41) is 12.5. The van der Waals surface area contributed by atoms with E-state index in [1.54, 1.807) is 6.26 Å². The molecular formula is C18H21N5O4S. The van der Waals surface area contributed by atoms with Crippen LogP contribution in [0.15, 0.2) is 22.8 Å². The van der Waals surface area contributed by atoms with Gasteiger partial charge in [0.1, 0.15) is 5.01 Å². The number of nitrogens with zero attached hydrogens (tertiary/aromatic N) is 4. The lowest BCUT2D eigenvalue weighted by Crippen LogP contribution is -2.50. The summed E-state index contributed by atoms with van der Waals surface area (Å²) in [6.07, 6.45) is 3.86. The van der Waals surface area contributed by atoms with Crippen molar-refractivity contribution in [1.82, 2.24) is 25.3 Å². The number of carbonyl (C=O) groups excluding carboxylic acids is 3. The zero-order chi connectivity index (χ0) is 19.5. The number of rotatable bonds is 5. The fraction of sp³-hybridized carbons (Fsp3) is 0.500. The minimum Gasteiger partial charge on any atom is -0.462 e. The number of nitrogens with one attached hydrogen (secondary N) is 1. The van der Waals surface area contributed by atoms with Gasteiger partial charge in [0.15, 0.2) is 10.8 Å². The lowest BCUT2D eigenvalue weighted by atomic mass is 9.97. The Morgan fingerprint density at radius 1 is 1.25 bits per heavy atom. The highest BCUT2D eigenvalue weighted by molar-refractivity contribution is 7.14. The molecule has 2 fully saturated rings. The smallest absolute Gasteiger partial charge is 0.324 e. The number of likely N-dealkylation sites (tertiary alicyclic amines) is 1. The molecule has 2 aromatic rings. The SMILES string of the molecule is O=C1CCN(CCC(=O)N2CCC(c3nnc(-c4ccco4)s3)CC2)C(=O)N1. The second-order valence-electron chi connectivity index (χ2n) is 6.92. The van der Waals surface area contributed by atoms with E-state index in [4.69, 9.17) is 4.42 Å². The molecule has 0 aromatic carbocycles. The standard InChI is InChI=1S/C18H21N5O4S/c24-14-5-9-23(18(26)19-14)10-6-15(25)22-7-3-12(4-8-22)16-20-21-17(28-16)13-2-1-11-27-13/h1-2,11-12H,3-10H2,(H,19,24,26). The summed E-state index contributed by atoms with van der Waals surface area (Å²) in [6, 6.07) is 3.28. The number of hydrogen-bond acceptors (Lipinski definition) is 7. The molecule has 2 aliphatic heterocycles. The number of urea groups is 1. The van der Waals surface area contributed by atoms with Crippen molar-refractivity contribution in [3.8, 4) is 10.8 Å². The molecule has 0 aliphatic carbocycles. The third kappa shape index (κ3) is 4.06. The minimum absolute atomic E-state index is 0.0386. The van der Waals surface area contributed by atoms with E-state index in [0.717, 1.165) is 28.6 Å². The highest BCUT2D eigenvalue weighted by Gasteiger charge is 2.28. The highest BCUT2D eigenvalue weighted by atomic mass is 32.1. The van der Waals surface area contributed by atoms with Crippen LogP contribution in [0.25, 0.3) is 10.8 Å². The lowest BCUT2D eigenvalue weighted by molar-refractivity contribution is -0.132. The van der Waals surface area contributed by atoms with Crippen molar-refractivity contribution in [1.29, 1.82) is 0 Å². The maximum Gasteiger partial charge on any atom is 0.324 e. The normalized spacial score (nSPS) is 18.4. The quantitative estimate of drug-likeness (QED) is 0.816. The molecule has 0 unspecified atom stereocenters. The number of hydrogen-bond donors (Lipinski definition) is 1. The monoisotopic (exact) mass is 403 g/mol. The molecule has 1 N–H and O–H groups in total. The molecule has 0 spiro atoms. The van der Waals surface area contributed by atoms with Crippen LogP contribution >= 0.6 is 11.3 Å². The Morgan fingerprint density at radius 3 is 2.79 bits per heavy atom. The third-order valence-electron chi connectivity index (χ3n) is 5.11. The molecule has 2 aliphatic rings. The van der Waals surface area contributed by atoms with Crippen LogP contribution in [0, 0.1) is 0 Å². The van der Waals surface area contributed by atoms with Crippen molar-refractivity contribution < 1.29 is 18.8 Å². The van der Waals surface area contributed by atoms with Gasteiger partial charge in [-0.2, -0.15) is 0 Å². The first-order valence-electron chi connectivity index (χ1n) is 9.34. The number of amides is 4. The van der Waals surface area contributed by atoms with Crippen molar-refractivity contribution in [3.05, 3.63) is 23.4 Å². The summed E-state index contributed by atoms with van der Waals surface area (Å²) in [7, 11) is 0. The van der Waals surface area contributed by atoms with Crippen molar-refractivity contribution in [3.63, 3.8) is 0 Å². The third-order valence-corrected chi connectivity index (χ3v) is 6.21. The van der Waals surface area contributed by atoms with Gasteiger partial charge < -0.3 is 14.2 Å². The lowest BCUT2D eigenvalue weighted by Gasteiger charge is -2.32. The molecule has 4 amide bonds. The predicted octanol–water partition coefficient (Wildman–Crippen LogP) is 1.84. The van der Waals surface area contributed by atoms with Crippen LogP contribution in [0.2, 0.25) is 0 Å². The second kappa shape index (κ2) is 8.09. The number of carbonyl (C=O) groups is 3. The molecular weight excluding hydrogens is 382 g/mol. The van der Waals surface area contributed by atoms with E-state index in [1.165, 1.54) is 16.2 Å². The molecule has 28 heavy (non-hydrogen) atoms. The van der Waals surface area contributed by atoms with Gasteiger partial charge in [-0.05, 0) is 25.0 Å². The molecule has 4 heterocycles. The van der Waals surface area contributed by atoms with Gasteiger partial charge in [0.25, 0.3) is 0 Å². The Balaban J connectivity index is 1.25. The maximum absolute atomic E-state index is 12.5. The maximum atomic E-state index is 12.5. The second-order valence-corrected chi connectivity index (χ2v) is 7.93. The molecule has 0 bridgehead atoms. The largest absolute Gasteiger partial charge is 0.462 e. The molecule has 0 radical (unpaired) electrons. The summed E-state index contributed by atoms with van der Waals surface area (Å²) in [5.74, 6) is 0.794. The highest BCUT2D eigenvalue weighted by Crippen LogP contribution is 2.33. The summed E-state index contributed by atoms with van der Waals surface area (Å²) < 4.78 is 5.36. The first-order chi connectivity index (χ1) is 13.6. The van der Waals surface area contributed by atoms with Crippen LogP contribution in [0.3, 0.4) is 0 Å². The van der Waals surface area contributed by atoms with E-state index >= 15 is 0 Å². The minimum atomic E-state index is -0.411. The average molecular weight is 403 g/mol. The van der Waals surface area contributed by atoms with Crippen molar-refractivity contribution in [2.24, 2.45) is 0 Å². The topological polar surface area (TPSA) is 109 Å². The van der Waals surface area contributed by atoms with E-state index < -0.39 is 6.03 Å². The molecule has 2 aromatic heterocycles. The van der Waals surface area contributed by atoms with Gasteiger partial charge in [-0.3, -0.25) is 14.9 Å². The van der Waals surface area contributed by atoms with Crippen LogP contribution in [-0.2, 0) is 9.59 Å². The number of furan rings is 1. The molecule has 10 heteroatoms. The Kier molecular flexibility index (Phi) is 5.38. The van der Waals surface area contributed by atoms with Crippen molar-refractivity contribution in [2.45, 2.75) is 31.6 Å². The van der Waals surface area contributed by atoms with E-state index in [2.05, 4.69) is 15.5 Å². The Bertz CT molecular complexity index is 857. The van der Waals surface area contributed by atoms with Crippen LogP contribution in [0.5, 0.6) is 0 Å². The van der Waals surface area contributed by atoms with Gasteiger partial charge in [-0.1, -0.05) is 11.3 Å². The van der Waals surface area contributed by atoms with Gasteiger partial charge in [-0.25, -0.2) is 4.79 Å². The molecule has 9 nitrogen and oxygen atoms in total. The fourth-order valence-electron chi connectivity index (χ4n) is 3.48. The Hall–Kier alpha value is -2.75. The van der Waals surface area contributed by atoms with Gasteiger partial charge >= 0.3 is 6.03 Å². The predicted molar refractivity (Wildman–Crippen MR) is 101 cm³/mol. The van der Waals surface area contributed by atoms with Gasteiger partial charge in [0.2, 0.25) is 11.8 Å². The molecule has 4 rings (SSSR count). The molecule has 0 atom stereocenters. The van der Waals surface area contributed by atoms with Gasteiger partial charge in [0.05, 0.1) is 6.26 Å². The van der Waals surface area contributed by atoms with E-state index in [-0.39, 0.29) is 24.7 Å². The van der Waals surface area contributed by atoms with Crippen molar-refractivity contribution in [2.75, 3.05) is 26.2 Å². The van der Waals surface area contributed by atoms with Crippen LogP contribution in [0.4, 0.5) is 4.79 Å². The fourth-order valence-corrected chi connectivity index (χ4v) is 4.46.